The van der Waals surface area contributed by atoms with E-state index in [0.29, 0.717) is 12.0 Å². The first-order chi connectivity index (χ1) is 12.5. The molecule has 1 aliphatic rings. The van der Waals surface area contributed by atoms with Gasteiger partial charge in [0.2, 0.25) is 5.95 Å². The number of carbonyl (C=O) groups excluding carboxylic acids is 1. The van der Waals surface area contributed by atoms with Gasteiger partial charge in [0.1, 0.15) is 5.82 Å². The van der Waals surface area contributed by atoms with Crippen LogP contribution in [0.4, 0.5) is 11.8 Å². The van der Waals surface area contributed by atoms with Crippen molar-refractivity contribution in [2.45, 2.75) is 44.7 Å². The van der Waals surface area contributed by atoms with Crippen LogP contribution in [0.1, 0.15) is 41.7 Å². The molecule has 3 rings (SSSR count). The largest absolute Gasteiger partial charge is 0.363 e. The molecule has 6 nitrogen and oxygen atoms in total. The van der Waals surface area contributed by atoms with E-state index in [1.54, 1.807) is 0 Å². The van der Waals surface area contributed by atoms with E-state index < -0.39 is 0 Å². The Morgan fingerprint density at radius 3 is 2.35 bits per heavy atom. The summed E-state index contributed by atoms with van der Waals surface area (Å²) in [6.45, 7) is 1.98. The van der Waals surface area contributed by atoms with E-state index in [0.717, 1.165) is 42.8 Å². The van der Waals surface area contributed by atoms with Crippen LogP contribution in [0.5, 0.6) is 0 Å². The Bertz CT molecular complexity index is 739. The van der Waals surface area contributed by atoms with Crippen LogP contribution in [0.15, 0.2) is 36.4 Å². The van der Waals surface area contributed by atoms with Crippen molar-refractivity contribution in [3.8, 4) is 0 Å². The van der Waals surface area contributed by atoms with Gasteiger partial charge in [-0.1, -0.05) is 18.2 Å². The maximum absolute atomic E-state index is 12.3. The van der Waals surface area contributed by atoms with Crippen LogP contribution in [-0.4, -0.2) is 42.1 Å². The first kappa shape index (κ1) is 18.2. The Kier molecular flexibility index (Phi) is 5.71. The molecule has 0 saturated heterocycles. The molecule has 2 aromatic rings. The van der Waals surface area contributed by atoms with Gasteiger partial charge >= 0.3 is 0 Å². The third-order valence-electron chi connectivity index (χ3n) is 4.73. The molecule has 26 heavy (non-hydrogen) atoms. The Labute approximate surface area is 155 Å². The zero-order valence-electron chi connectivity index (χ0n) is 15.7. The molecule has 1 saturated carbocycles. The maximum atomic E-state index is 12.3. The van der Waals surface area contributed by atoms with Gasteiger partial charge in [-0.25, -0.2) is 4.98 Å². The van der Waals surface area contributed by atoms with Crippen LogP contribution < -0.4 is 15.5 Å². The van der Waals surface area contributed by atoms with Gasteiger partial charge < -0.3 is 15.5 Å². The highest BCUT2D eigenvalue weighted by atomic mass is 16.1. The highest BCUT2D eigenvalue weighted by molar-refractivity contribution is 5.94. The van der Waals surface area contributed by atoms with Gasteiger partial charge in [0.05, 0.1) is 0 Å². The lowest BCUT2D eigenvalue weighted by atomic mass is 9.91. The van der Waals surface area contributed by atoms with Crippen molar-refractivity contribution >= 4 is 17.7 Å². The molecule has 1 fully saturated rings. The van der Waals surface area contributed by atoms with E-state index in [9.17, 15) is 4.79 Å². The fraction of sp³-hybridized carbons (Fsp3) is 0.450. The van der Waals surface area contributed by atoms with E-state index >= 15 is 0 Å². The van der Waals surface area contributed by atoms with Gasteiger partial charge in [0.25, 0.3) is 5.91 Å². The van der Waals surface area contributed by atoms with Crippen LogP contribution in [0.25, 0.3) is 0 Å². The summed E-state index contributed by atoms with van der Waals surface area (Å²) in [5, 5.41) is 6.61. The van der Waals surface area contributed by atoms with Crippen LogP contribution in [-0.2, 0) is 0 Å². The van der Waals surface area contributed by atoms with Crippen LogP contribution >= 0.6 is 0 Å². The van der Waals surface area contributed by atoms with Gasteiger partial charge in [-0.2, -0.15) is 4.98 Å². The molecule has 0 bridgehead atoms. The third-order valence-corrected chi connectivity index (χ3v) is 4.73. The minimum atomic E-state index is 0.0136. The highest BCUT2D eigenvalue weighted by Crippen LogP contribution is 2.22. The van der Waals surface area contributed by atoms with E-state index in [2.05, 4.69) is 20.6 Å². The molecule has 6 heteroatoms. The zero-order chi connectivity index (χ0) is 18.5. The molecule has 1 aromatic carbocycles. The minimum Gasteiger partial charge on any atom is -0.363 e. The lowest BCUT2D eigenvalue weighted by molar-refractivity contribution is 0.0926. The number of benzene rings is 1. The molecule has 1 heterocycles. The van der Waals surface area contributed by atoms with E-state index in [1.807, 2.05) is 62.3 Å². The summed E-state index contributed by atoms with van der Waals surface area (Å²) < 4.78 is 0. The van der Waals surface area contributed by atoms with Crippen molar-refractivity contribution in [1.82, 2.24) is 15.3 Å². The Balaban J connectivity index is 1.52. The summed E-state index contributed by atoms with van der Waals surface area (Å²) in [5.41, 5.74) is 1.67. The number of amides is 1. The third kappa shape index (κ3) is 4.71. The smallest absolute Gasteiger partial charge is 0.251 e. The maximum Gasteiger partial charge on any atom is 0.251 e. The fourth-order valence-corrected chi connectivity index (χ4v) is 3.27. The predicted octanol–water partition coefficient (Wildman–Crippen LogP) is 3.00. The molecule has 0 spiro atoms. The predicted molar refractivity (Wildman–Crippen MR) is 105 cm³/mol. The summed E-state index contributed by atoms with van der Waals surface area (Å²) in [6.07, 6.45) is 3.91. The van der Waals surface area contributed by atoms with Gasteiger partial charge in [-0.3, -0.25) is 4.79 Å². The van der Waals surface area contributed by atoms with Crippen LogP contribution in [0, 0.1) is 6.92 Å². The molecule has 1 amide bonds. The number of anilines is 2. The summed E-state index contributed by atoms with van der Waals surface area (Å²) in [4.78, 5) is 23.3. The molecule has 0 radical (unpaired) electrons. The number of aryl methyl sites for hydroxylation is 1. The second-order valence-electron chi connectivity index (χ2n) is 7.12. The summed E-state index contributed by atoms with van der Waals surface area (Å²) in [7, 11) is 3.96. The first-order valence-electron chi connectivity index (χ1n) is 9.16. The normalized spacial score (nSPS) is 19.7. The number of carbonyl (C=O) groups is 1. The number of hydrogen-bond acceptors (Lipinski definition) is 5. The fourth-order valence-electron chi connectivity index (χ4n) is 3.27. The number of hydrogen-bond donors (Lipinski definition) is 2. The summed E-state index contributed by atoms with van der Waals surface area (Å²) in [6, 6.07) is 11.9. The highest BCUT2D eigenvalue weighted by Gasteiger charge is 2.23. The molecule has 0 atom stereocenters. The summed E-state index contributed by atoms with van der Waals surface area (Å²) >= 11 is 0. The molecule has 2 N–H and O–H groups in total. The van der Waals surface area contributed by atoms with Crippen LogP contribution in [0.3, 0.4) is 0 Å². The topological polar surface area (TPSA) is 70.2 Å². The van der Waals surface area contributed by atoms with Crippen molar-refractivity contribution < 1.29 is 4.79 Å². The average Bonchev–Trinajstić information content (AvgIpc) is 2.63. The number of nitrogens with one attached hydrogen (secondary N) is 2. The Morgan fingerprint density at radius 2 is 1.69 bits per heavy atom. The number of nitrogens with zero attached hydrogens (tertiary/aromatic N) is 3. The lowest BCUT2D eigenvalue weighted by Crippen LogP contribution is -2.40. The molecule has 1 aromatic heterocycles. The second-order valence-corrected chi connectivity index (χ2v) is 7.12. The standard InChI is InChI=1S/C20H27N5O/c1-14-13-18(25(2)3)24-20(21-14)23-17-11-9-16(10-12-17)22-19(26)15-7-5-4-6-8-15/h4-8,13,16-17H,9-12H2,1-3H3,(H,22,26)(H,21,23,24). The second kappa shape index (κ2) is 8.17. The first-order valence-corrected chi connectivity index (χ1v) is 9.16. The van der Waals surface area contributed by atoms with E-state index in [4.69, 9.17) is 0 Å². The lowest BCUT2D eigenvalue weighted by Gasteiger charge is -2.30. The van der Waals surface area contributed by atoms with Crippen molar-refractivity contribution in [2.75, 3.05) is 24.3 Å². The number of aromatic nitrogens is 2. The zero-order valence-corrected chi connectivity index (χ0v) is 15.7. The Hall–Kier alpha value is -2.63. The molecular formula is C20H27N5O. The van der Waals surface area contributed by atoms with Gasteiger partial charge in [0.15, 0.2) is 0 Å². The number of rotatable bonds is 5. The average molecular weight is 353 g/mol. The van der Waals surface area contributed by atoms with Crippen LogP contribution in [0.2, 0.25) is 0 Å². The molecule has 0 unspecified atom stereocenters. The molecular weight excluding hydrogens is 326 g/mol. The van der Waals surface area contributed by atoms with Crippen molar-refractivity contribution in [2.24, 2.45) is 0 Å². The monoisotopic (exact) mass is 353 g/mol. The quantitative estimate of drug-likeness (QED) is 0.865. The van der Waals surface area contributed by atoms with Gasteiger partial charge in [-0.05, 0) is 44.7 Å². The van der Waals surface area contributed by atoms with Crippen molar-refractivity contribution in [1.29, 1.82) is 0 Å². The van der Waals surface area contributed by atoms with Crippen molar-refractivity contribution in [3.05, 3.63) is 47.7 Å². The van der Waals surface area contributed by atoms with Gasteiger partial charge in [0, 0.05) is 43.5 Å². The van der Waals surface area contributed by atoms with Crippen molar-refractivity contribution in [3.63, 3.8) is 0 Å². The van der Waals surface area contributed by atoms with E-state index in [1.165, 1.54) is 0 Å². The minimum absolute atomic E-state index is 0.0136. The molecule has 0 aliphatic heterocycles. The summed E-state index contributed by atoms with van der Waals surface area (Å²) in [5.74, 6) is 1.61. The van der Waals surface area contributed by atoms with Gasteiger partial charge in [-0.15, -0.1) is 0 Å². The molecule has 1 aliphatic carbocycles. The Morgan fingerprint density at radius 1 is 1.04 bits per heavy atom. The van der Waals surface area contributed by atoms with E-state index in [-0.39, 0.29) is 11.9 Å². The SMILES string of the molecule is Cc1cc(N(C)C)nc(NC2CCC(NC(=O)c3ccccc3)CC2)n1. The molecule has 138 valence electrons.